The summed E-state index contributed by atoms with van der Waals surface area (Å²) in [6, 6.07) is 19.5. The fraction of sp³-hybridized carbons (Fsp3) is 0.650. The number of benzene rings is 2. The highest BCUT2D eigenvalue weighted by atomic mass is 31.2. The molecule has 1 heterocycles. The standard InChI is InChI=1S/C40H69BNO14PSi3/c1-29(2)42(30(3)4)57(45-7)53-37-35(51-39(41)38(37)52-40(48-26-24-46-31(5)43)49-27-25-47-32(6)44)28-50-60(55-58(8,9)10,56-59(11,12)13)54-36(33-20-16-14-17-21-33)34-22-18-15-19-23-34/h14-23,29-30,35-40H,24-28,41H2,1-13H3/t35-,37?,38?,39-,57?/m1/s1. The van der Waals surface area contributed by atoms with Crippen LogP contribution in [0.25, 0.3) is 0 Å². The van der Waals surface area contributed by atoms with Crippen molar-refractivity contribution in [3.63, 3.8) is 0 Å². The van der Waals surface area contributed by atoms with Crippen LogP contribution in [-0.4, -0.2) is 133 Å². The molecule has 60 heavy (non-hydrogen) atoms. The second-order valence-corrected chi connectivity index (χ2v) is 29.9. The van der Waals surface area contributed by atoms with Crippen molar-refractivity contribution in [1.82, 2.24) is 4.67 Å². The van der Waals surface area contributed by atoms with Gasteiger partial charge in [0, 0.05) is 33.0 Å². The maximum Gasteiger partial charge on any atom is 0.659 e. The first kappa shape index (κ1) is 52.4. The molecule has 0 N–H and O–H groups in total. The Morgan fingerprint density at radius 2 is 1.22 bits per heavy atom. The summed E-state index contributed by atoms with van der Waals surface area (Å²) in [5.74, 6) is -0.903. The van der Waals surface area contributed by atoms with E-state index in [-0.39, 0.29) is 45.1 Å². The van der Waals surface area contributed by atoms with Crippen molar-refractivity contribution in [2.24, 2.45) is 0 Å². The van der Waals surface area contributed by atoms with Crippen LogP contribution in [0.15, 0.2) is 60.7 Å². The summed E-state index contributed by atoms with van der Waals surface area (Å²) in [5.41, 5.74) is 1.84. The van der Waals surface area contributed by atoms with Gasteiger partial charge in [-0.05, 0) is 78.1 Å². The summed E-state index contributed by atoms with van der Waals surface area (Å²) in [4.78, 5) is 22.9. The average molecular weight is 914 g/mol. The largest absolute Gasteiger partial charge is 0.659 e. The van der Waals surface area contributed by atoms with E-state index in [1.807, 2.05) is 68.5 Å². The van der Waals surface area contributed by atoms with E-state index in [2.05, 4.69) is 71.6 Å². The van der Waals surface area contributed by atoms with E-state index in [4.69, 9.17) is 54.6 Å². The van der Waals surface area contributed by atoms with Gasteiger partial charge in [0.2, 0.25) is 0 Å². The molecule has 3 rings (SSSR count). The molecule has 1 saturated heterocycles. The van der Waals surface area contributed by atoms with Gasteiger partial charge in [-0.1, -0.05) is 60.7 Å². The molecule has 0 spiro atoms. The van der Waals surface area contributed by atoms with Crippen LogP contribution in [0.3, 0.4) is 0 Å². The Kier molecular flexibility index (Phi) is 21.7. The molecule has 2 aromatic rings. The molecule has 0 radical (unpaired) electrons. The minimum atomic E-state index is -4.06. The molecular weight excluding hydrogens is 844 g/mol. The molecule has 1 aliphatic rings. The SMILES string of the molecule is B[C@@H]1O[C@H](CO[Si](OC(c2ccccc2)c2ccccc2)(O[Si](C)(C)C)O[Si](C)(C)C)C(OP(OC)N(C(C)C)C(C)C)C1OC(OCCOC(C)=O)OCCOC(C)=O. The van der Waals surface area contributed by atoms with Gasteiger partial charge in [0.15, 0.2) is 16.6 Å². The monoisotopic (exact) mass is 913 g/mol. The predicted molar refractivity (Wildman–Crippen MR) is 238 cm³/mol. The molecule has 15 nitrogen and oxygen atoms in total. The highest BCUT2D eigenvalue weighted by molar-refractivity contribution is 7.44. The van der Waals surface area contributed by atoms with Crippen LogP contribution >= 0.6 is 8.53 Å². The Morgan fingerprint density at radius 3 is 1.62 bits per heavy atom. The molecule has 1 aliphatic heterocycles. The van der Waals surface area contributed by atoms with Crippen molar-refractivity contribution in [2.75, 3.05) is 40.1 Å². The van der Waals surface area contributed by atoms with Crippen molar-refractivity contribution in [1.29, 1.82) is 0 Å². The van der Waals surface area contributed by atoms with Crippen molar-refractivity contribution < 1.29 is 64.1 Å². The maximum atomic E-state index is 11.5. The number of hydrogen-bond acceptors (Lipinski definition) is 15. The molecular formula is C40H69BNO14PSi3. The van der Waals surface area contributed by atoms with Crippen LogP contribution in [-0.2, 0) is 64.1 Å². The molecule has 5 atom stereocenters. The quantitative estimate of drug-likeness (QED) is 0.0315. The van der Waals surface area contributed by atoms with Gasteiger partial charge in [-0.15, -0.1) is 0 Å². The zero-order chi connectivity index (χ0) is 44.7. The summed E-state index contributed by atoms with van der Waals surface area (Å²) < 4.78 is 78.6. The van der Waals surface area contributed by atoms with Crippen molar-refractivity contribution in [3.8, 4) is 0 Å². The third-order valence-electron chi connectivity index (χ3n) is 8.46. The Balaban J connectivity index is 2.09. The van der Waals surface area contributed by atoms with Gasteiger partial charge in [-0.25, -0.2) is 4.67 Å². The fourth-order valence-electron chi connectivity index (χ4n) is 6.37. The lowest BCUT2D eigenvalue weighted by Crippen LogP contribution is -2.60. The topological polar surface area (TPSA) is 148 Å². The van der Waals surface area contributed by atoms with Crippen molar-refractivity contribution in [3.05, 3.63) is 71.8 Å². The lowest BCUT2D eigenvalue weighted by Gasteiger charge is -2.41. The van der Waals surface area contributed by atoms with Crippen LogP contribution in [0, 0.1) is 0 Å². The van der Waals surface area contributed by atoms with Gasteiger partial charge in [0.25, 0.3) is 15.0 Å². The zero-order valence-corrected chi connectivity index (χ0v) is 41.9. The van der Waals surface area contributed by atoms with E-state index in [9.17, 15) is 9.59 Å². The normalized spacial score (nSPS) is 19.5. The van der Waals surface area contributed by atoms with Crippen LogP contribution in [0.1, 0.15) is 58.8 Å². The highest BCUT2D eigenvalue weighted by Gasteiger charge is 2.56. The van der Waals surface area contributed by atoms with E-state index in [0.29, 0.717) is 0 Å². The number of nitrogens with zero attached hydrogens (tertiary/aromatic N) is 1. The van der Waals surface area contributed by atoms with Gasteiger partial charge < -0.3 is 54.6 Å². The number of hydrogen-bond donors (Lipinski definition) is 0. The Morgan fingerprint density at radius 1 is 0.750 bits per heavy atom. The summed E-state index contributed by atoms with van der Waals surface area (Å²) >= 11 is 0. The number of carbonyl (C=O) groups excluding carboxylic acids is 2. The van der Waals surface area contributed by atoms with Gasteiger partial charge in [0.05, 0.1) is 25.8 Å². The molecule has 20 heteroatoms. The third kappa shape index (κ3) is 18.1. The first-order valence-corrected chi connectivity index (χ1v) is 30.1. The van der Waals surface area contributed by atoms with Gasteiger partial charge >= 0.3 is 21.0 Å². The van der Waals surface area contributed by atoms with Gasteiger partial charge in [-0.3, -0.25) is 9.59 Å². The molecule has 0 aliphatic carbocycles. The number of carbonyl (C=O) groups is 2. The van der Waals surface area contributed by atoms with E-state index < -0.39 is 83.0 Å². The Hall–Kier alpha value is -1.91. The smallest absolute Gasteiger partial charge is 0.463 e. The van der Waals surface area contributed by atoms with E-state index in [0.717, 1.165) is 11.1 Å². The lowest BCUT2D eigenvalue weighted by atomic mass is 9.93. The van der Waals surface area contributed by atoms with Crippen LogP contribution in [0.2, 0.25) is 39.3 Å². The van der Waals surface area contributed by atoms with E-state index in [1.165, 1.54) is 13.8 Å². The van der Waals surface area contributed by atoms with Crippen LogP contribution < -0.4 is 0 Å². The summed E-state index contributed by atoms with van der Waals surface area (Å²) in [6.07, 6.45) is -2.90. The molecule has 338 valence electrons. The lowest BCUT2D eigenvalue weighted by molar-refractivity contribution is -0.314. The fourth-order valence-corrected chi connectivity index (χ4v) is 16.4. The van der Waals surface area contributed by atoms with Crippen molar-refractivity contribution >= 4 is 54.0 Å². The van der Waals surface area contributed by atoms with Crippen LogP contribution in [0.5, 0.6) is 0 Å². The molecule has 0 amide bonds. The predicted octanol–water partition coefficient (Wildman–Crippen LogP) is 6.51. The number of esters is 2. The number of rotatable bonds is 27. The van der Waals surface area contributed by atoms with Gasteiger partial charge in [0.1, 0.15) is 45.5 Å². The minimum Gasteiger partial charge on any atom is -0.463 e. The number of ether oxygens (including phenoxy) is 6. The second kappa shape index (κ2) is 24.8. The maximum absolute atomic E-state index is 11.5. The Labute approximate surface area is 363 Å². The molecule has 3 unspecified atom stereocenters. The first-order valence-electron chi connectivity index (χ1n) is 20.6. The zero-order valence-electron chi connectivity index (χ0n) is 38.0. The molecule has 0 bridgehead atoms. The molecule has 0 saturated carbocycles. The first-order chi connectivity index (χ1) is 28.1. The average Bonchev–Trinajstić information content (AvgIpc) is 3.44. The third-order valence-corrected chi connectivity index (χ3v) is 18.4. The molecule has 2 aromatic carbocycles. The summed E-state index contributed by atoms with van der Waals surface area (Å²) in [6.45, 7) is 22.0. The minimum absolute atomic E-state index is 0.0316. The molecule has 0 aromatic heterocycles. The van der Waals surface area contributed by atoms with Crippen molar-refractivity contribution in [2.45, 2.75) is 130 Å². The van der Waals surface area contributed by atoms with E-state index >= 15 is 0 Å². The second-order valence-electron chi connectivity index (χ2n) is 16.8. The highest BCUT2D eigenvalue weighted by Crippen LogP contribution is 2.49. The van der Waals surface area contributed by atoms with E-state index in [1.54, 1.807) is 7.11 Å². The molecule has 1 fully saturated rings. The summed E-state index contributed by atoms with van der Waals surface area (Å²) in [5, 5.41) is 0. The van der Waals surface area contributed by atoms with Crippen LogP contribution in [0.4, 0.5) is 0 Å². The Bertz CT molecular complexity index is 1470. The van der Waals surface area contributed by atoms with Gasteiger partial charge in [-0.2, -0.15) is 0 Å². The summed E-state index contributed by atoms with van der Waals surface area (Å²) in [7, 11) is -7.09.